The van der Waals surface area contributed by atoms with E-state index < -0.39 is 11.8 Å². The zero-order valence-electron chi connectivity index (χ0n) is 17.3. The lowest BCUT2D eigenvalue weighted by molar-refractivity contribution is -0.139. The van der Waals surface area contributed by atoms with Gasteiger partial charge in [-0.2, -0.15) is 5.10 Å². The van der Waals surface area contributed by atoms with E-state index in [9.17, 15) is 9.59 Å². The number of carbonyl (C=O) groups is 2. The molecule has 0 radical (unpaired) electrons. The SMILES string of the molecule is Cc1ccc(CNC(=O)C(=O)N/N=C\c2cc(Br)ccc2OCc2ccccc2Cl)cc1. The van der Waals surface area contributed by atoms with Crippen LogP contribution in [0, 0.1) is 6.92 Å². The highest BCUT2D eigenvalue weighted by atomic mass is 79.9. The standard InChI is InChI=1S/C24H21BrClN3O3/c1-16-6-8-17(9-7-16)13-27-23(30)24(31)29-28-14-19-12-20(25)10-11-22(19)32-15-18-4-2-3-5-21(18)26/h2-12,14H,13,15H2,1H3,(H,27,30)(H,29,31)/b28-14-. The maximum absolute atomic E-state index is 12.0. The van der Waals surface area contributed by atoms with Crippen molar-refractivity contribution in [3.05, 3.63) is 98.5 Å². The van der Waals surface area contributed by atoms with Gasteiger partial charge in [0.25, 0.3) is 0 Å². The average molecular weight is 515 g/mol. The number of amides is 2. The molecule has 6 nitrogen and oxygen atoms in total. The van der Waals surface area contributed by atoms with E-state index in [0.29, 0.717) is 16.3 Å². The van der Waals surface area contributed by atoms with Crippen LogP contribution in [0.2, 0.25) is 5.02 Å². The quantitative estimate of drug-likeness (QED) is 0.271. The van der Waals surface area contributed by atoms with E-state index in [1.54, 1.807) is 18.2 Å². The highest BCUT2D eigenvalue weighted by molar-refractivity contribution is 9.10. The van der Waals surface area contributed by atoms with E-state index in [1.807, 2.05) is 55.5 Å². The Bertz CT molecular complexity index is 1130. The van der Waals surface area contributed by atoms with Crippen LogP contribution in [0.1, 0.15) is 22.3 Å². The van der Waals surface area contributed by atoms with Gasteiger partial charge in [-0.3, -0.25) is 9.59 Å². The van der Waals surface area contributed by atoms with Crippen molar-refractivity contribution in [1.29, 1.82) is 0 Å². The van der Waals surface area contributed by atoms with Crippen molar-refractivity contribution in [1.82, 2.24) is 10.7 Å². The summed E-state index contributed by atoms with van der Waals surface area (Å²) in [7, 11) is 0. The van der Waals surface area contributed by atoms with Gasteiger partial charge in [-0.15, -0.1) is 0 Å². The summed E-state index contributed by atoms with van der Waals surface area (Å²) in [6, 6.07) is 20.5. The third kappa shape index (κ3) is 6.93. The largest absolute Gasteiger partial charge is 0.488 e. The third-order valence-electron chi connectivity index (χ3n) is 4.46. The summed E-state index contributed by atoms with van der Waals surface area (Å²) in [5, 5.41) is 7.07. The summed E-state index contributed by atoms with van der Waals surface area (Å²) in [4.78, 5) is 24.0. The maximum Gasteiger partial charge on any atom is 0.329 e. The molecule has 0 fully saturated rings. The average Bonchev–Trinajstić information content (AvgIpc) is 2.79. The van der Waals surface area contributed by atoms with Crippen LogP contribution >= 0.6 is 27.5 Å². The number of ether oxygens (including phenoxy) is 1. The van der Waals surface area contributed by atoms with Crippen molar-refractivity contribution in [3.63, 3.8) is 0 Å². The first-order valence-electron chi connectivity index (χ1n) is 9.75. The fraction of sp³-hybridized carbons (Fsp3) is 0.125. The Morgan fingerprint density at radius 1 is 1.06 bits per heavy atom. The summed E-state index contributed by atoms with van der Waals surface area (Å²) < 4.78 is 6.68. The number of carbonyl (C=O) groups excluding carboxylic acids is 2. The minimum Gasteiger partial charge on any atom is -0.488 e. The molecule has 3 aromatic carbocycles. The lowest BCUT2D eigenvalue weighted by atomic mass is 10.1. The van der Waals surface area contributed by atoms with E-state index in [2.05, 4.69) is 31.8 Å². The lowest BCUT2D eigenvalue weighted by Gasteiger charge is -2.10. The van der Waals surface area contributed by atoms with E-state index in [0.717, 1.165) is 21.2 Å². The molecule has 0 saturated carbocycles. The normalized spacial score (nSPS) is 10.7. The van der Waals surface area contributed by atoms with Crippen LogP contribution in [0.5, 0.6) is 5.75 Å². The lowest BCUT2D eigenvalue weighted by Crippen LogP contribution is -2.37. The Hall–Kier alpha value is -3.16. The number of aryl methyl sites for hydroxylation is 1. The molecule has 0 unspecified atom stereocenters. The number of nitrogens with zero attached hydrogens (tertiary/aromatic N) is 1. The van der Waals surface area contributed by atoms with Crippen LogP contribution in [0.25, 0.3) is 0 Å². The van der Waals surface area contributed by atoms with Crippen molar-refractivity contribution >= 4 is 45.6 Å². The van der Waals surface area contributed by atoms with Gasteiger partial charge in [0.05, 0.1) is 6.21 Å². The summed E-state index contributed by atoms with van der Waals surface area (Å²) >= 11 is 9.58. The first kappa shape index (κ1) is 23.5. The second-order valence-electron chi connectivity index (χ2n) is 6.93. The number of benzene rings is 3. The Labute approximate surface area is 199 Å². The predicted molar refractivity (Wildman–Crippen MR) is 129 cm³/mol. The highest BCUT2D eigenvalue weighted by Crippen LogP contribution is 2.24. The molecule has 164 valence electrons. The molecular weight excluding hydrogens is 494 g/mol. The number of nitrogens with one attached hydrogen (secondary N) is 2. The Kier molecular flexibility index (Phi) is 8.41. The molecule has 0 atom stereocenters. The van der Waals surface area contributed by atoms with Crippen LogP contribution in [0.3, 0.4) is 0 Å². The molecule has 3 rings (SSSR count). The van der Waals surface area contributed by atoms with Crippen LogP contribution in [-0.2, 0) is 22.7 Å². The van der Waals surface area contributed by atoms with Crippen molar-refractivity contribution < 1.29 is 14.3 Å². The van der Waals surface area contributed by atoms with E-state index >= 15 is 0 Å². The second-order valence-corrected chi connectivity index (χ2v) is 8.25. The van der Waals surface area contributed by atoms with Crippen molar-refractivity contribution in [2.45, 2.75) is 20.1 Å². The van der Waals surface area contributed by atoms with Crippen molar-refractivity contribution in [2.75, 3.05) is 0 Å². The van der Waals surface area contributed by atoms with Gasteiger partial charge in [0.15, 0.2) is 0 Å². The molecule has 2 amide bonds. The number of rotatable bonds is 7. The molecular formula is C24H21BrClN3O3. The molecule has 8 heteroatoms. The van der Waals surface area contributed by atoms with Crippen molar-refractivity contribution in [3.8, 4) is 5.75 Å². The molecule has 0 saturated heterocycles. The van der Waals surface area contributed by atoms with E-state index in [1.165, 1.54) is 6.21 Å². The first-order chi connectivity index (χ1) is 15.4. The summed E-state index contributed by atoms with van der Waals surface area (Å²) in [5.41, 5.74) is 5.71. The molecule has 0 aliphatic carbocycles. The number of hydrogen-bond acceptors (Lipinski definition) is 4. The van der Waals surface area contributed by atoms with Crippen LogP contribution < -0.4 is 15.5 Å². The molecule has 0 bridgehead atoms. The third-order valence-corrected chi connectivity index (χ3v) is 5.32. The minimum absolute atomic E-state index is 0.252. The molecule has 0 aliphatic heterocycles. The van der Waals surface area contributed by atoms with Gasteiger partial charge in [0, 0.05) is 27.2 Å². The predicted octanol–water partition coefficient (Wildman–Crippen LogP) is 4.76. The number of hydrogen-bond donors (Lipinski definition) is 2. The van der Waals surface area contributed by atoms with Crippen LogP contribution in [0.4, 0.5) is 0 Å². The number of halogens is 2. The molecule has 0 aliphatic rings. The zero-order chi connectivity index (χ0) is 22.9. The fourth-order valence-corrected chi connectivity index (χ4v) is 3.27. The minimum atomic E-state index is -0.859. The first-order valence-corrected chi connectivity index (χ1v) is 10.9. The van der Waals surface area contributed by atoms with Gasteiger partial charge in [0.1, 0.15) is 12.4 Å². The molecule has 0 spiro atoms. The van der Waals surface area contributed by atoms with Gasteiger partial charge in [-0.1, -0.05) is 75.6 Å². The van der Waals surface area contributed by atoms with E-state index in [4.69, 9.17) is 16.3 Å². The Morgan fingerprint density at radius 2 is 1.81 bits per heavy atom. The monoisotopic (exact) mass is 513 g/mol. The van der Waals surface area contributed by atoms with Crippen LogP contribution in [-0.4, -0.2) is 18.0 Å². The van der Waals surface area contributed by atoms with Gasteiger partial charge < -0.3 is 10.1 Å². The summed E-state index contributed by atoms with van der Waals surface area (Å²) in [6.45, 7) is 2.50. The Balaban J connectivity index is 1.57. The maximum atomic E-state index is 12.0. The molecule has 0 heterocycles. The van der Waals surface area contributed by atoms with Crippen LogP contribution in [0.15, 0.2) is 76.3 Å². The van der Waals surface area contributed by atoms with Gasteiger partial charge in [0.2, 0.25) is 0 Å². The van der Waals surface area contributed by atoms with Gasteiger partial charge in [-0.25, -0.2) is 5.43 Å². The summed E-state index contributed by atoms with van der Waals surface area (Å²) in [5.74, 6) is -1.08. The molecule has 32 heavy (non-hydrogen) atoms. The second kappa shape index (κ2) is 11.5. The Morgan fingerprint density at radius 3 is 2.56 bits per heavy atom. The molecule has 0 aromatic heterocycles. The van der Waals surface area contributed by atoms with E-state index in [-0.39, 0.29) is 13.2 Å². The smallest absolute Gasteiger partial charge is 0.329 e. The topological polar surface area (TPSA) is 79.8 Å². The number of hydrazone groups is 1. The van der Waals surface area contributed by atoms with Gasteiger partial charge in [-0.05, 0) is 36.8 Å². The highest BCUT2D eigenvalue weighted by Gasteiger charge is 2.12. The summed E-state index contributed by atoms with van der Waals surface area (Å²) in [6.07, 6.45) is 1.41. The zero-order valence-corrected chi connectivity index (χ0v) is 19.6. The fourth-order valence-electron chi connectivity index (χ4n) is 2.70. The molecule has 3 aromatic rings. The van der Waals surface area contributed by atoms with Crippen molar-refractivity contribution in [2.24, 2.45) is 5.10 Å². The van der Waals surface area contributed by atoms with Gasteiger partial charge >= 0.3 is 11.8 Å². The molecule has 2 N–H and O–H groups in total.